The largest absolute Gasteiger partial charge is 0.364 e. The van der Waals surface area contributed by atoms with Gasteiger partial charge in [-0.3, -0.25) is 4.79 Å². The number of nitrogens with one attached hydrogen (secondary N) is 1. The monoisotopic (exact) mass is 472 g/mol. The number of halogens is 3. The Balaban J connectivity index is 1.83. The molecule has 0 radical (unpaired) electrons. The fourth-order valence-electron chi connectivity index (χ4n) is 4.53. The maximum absolute atomic E-state index is 14.9. The number of hydrogen-bond acceptors (Lipinski definition) is 5. The van der Waals surface area contributed by atoms with Crippen molar-refractivity contribution in [1.29, 1.82) is 0 Å². The average molecular weight is 473 g/mol. The Morgan fingerprint density at radius 1 is 1.24 bits per heavy atom. The Hall–Kier alpha value is -3.20. The second kappa shape index (κ2) is 8.23. The third kappa shape index (κ3) is 3.58. The second-order valence-electron chi connectivity index (χ2n) is 8.80. The van der Waals surface area contributed by atoms with Crippen LogP contribution in [0.5, 0.6) is 0 Å². The number of likely N-dealkylation sites (N-methyl/N-ethyl adjacent to an activating group) is 1. The Bertz CT molecular complexity index is 1290. The van der Waals surface area contributed by atoms with E-state index in [0.29, 0.717) is 36.1 Å². The van der Waals surface area contributed by atoms with Gasteiger partial charge in [0.05, 0.1) is 23.0 Å². The third-order valence-corrected chi connectivity index (χ3v) is 6.58. The molecule has 0 saturated carbocycles. The highest BCUT2D eigenvalue weighted by molar-refractivity contribution is 6.10. The van der Waals surface area contributed by atoms with E-state index in [1.165, 1.54) is 19.2 Å². The molecule has 2 heterocycles. The molecule has 0 spiro atoms. The van der Waals surface area contributed by atoms with E-state index in [1.807, 2.05) is 19.1 Å². The van der Waals surface area contributed by atoms with Gasteiger partial charge in [0.15, 0.2) is 11.4 Å². The van der Waals surface area contributed by atoms with Crippen LogP contribution in [-0.4, -0.2) is 29.8 Å². The molecular formula is C25H27F3N4O2. The Labute approximate surface area is 196 Å². The maximum atomic E-state index is 14.9. The van der Waals surface area contributed by atoms with Gasteiger partial charge in [0.1, 0.15) is 5.82 Å². The molecule has 0 saturated heterocycles. The first kappa shape index (κ1) is 23.9. The second-order valence-corrected chi connectivity index (χ2v) is 8.80. The summed E-state index contributed by atoms with van der Waals surface area (Å²) in [4.78, 5) is 14.7. The molecule has 1 aromatic heterocycles. The van der Waals surface area contributed by atoms with Crippen LogP contribution in [0.15, 0.2) is 30.3 Å². The molecule has 1 aliphatic rings. The highest BCUT2D eigenvalue weighted by Gasteiger charge is 2.47. The lowest BCUT2D eigenvalue weighted by molar-refractivity contribution is -0.137. The predicted octanol–water partition coefficient (Wildman–Crippen LogP) is 5.59. The summed E-state index contributed by atoms with van der Waals surface area (Å²) in [5.41, 5.74) is 0.390. The quantitative estimate of drug-likeness (QED) is 0.507. The molecular weight excluding hydrogens is 445 g/mol. The zero-order chi connectivity index (χ0) is 25.0. The Morgan fingerprint density at radius 2 is 1.94 bits per heavy atom. The fourth-order valence-corrected chi connectivity index (χ4v) is 4.53. The van der Waals surface area contributed by atoms with E-state index in [0.717, 1.165) is 17.0 Å². The first-order valence-corrected chi connectivity index (χ1v) is 11.1. The first-order chi connectivity index (χ1) is 15.9. The fraction of sp³-hybridized carbons (Fsp3) is 0.400. The molecule has 1 N–H and O–H groups in total. The van der Waals surface area contributed by atoms with Gasteiger partial charge in [-0.15, -0.1) is 5.10 Å². The molecule has 2 aromatic carbocycles. The van der Waals surface area contributed by atoms with Gasteiger partial charge in [-0.05, 0) is 39.8 Å². The SMILES string of the molecule is CCN1C(=O)C(C)(OC)c2cc3c(C)nnc(NC(C)c4cccc(C(C)(F)F)c4F)c3cc21. The van der Waals surface area contributed by atoms with Gasteiger partial charge in [-0.25, -0.2) is 13.2 Å². The van der Waals surface area contributed by atoms with Crippen LogP contribution in [-0.2, 0) is 21.1 Å². The number of alkyl halides is 2. The van der Waals surface area contributed by atoms with Gasteiger partial charge in [0.25, 0.3) is 11.8 Å². The van der Waals surface area contributed by atoms with Crippen LogP contribution >= 0.6 is 0 Å². The van der Waals surface area contributed by atoms with E-state index in [9.17, 15) is 18.0 Å². The third-order valence-electron chi connectivity index (χ3n) is 6.58. The number of aryl methyl sites for hydroxylation is 1. The van der Waals surface area contributed by atoms with Crippen LogP contribution in [0.1, 0.15) is 56.1 Å². The maximum Gasteiger partial charge on any atom is 0.273 e. The minimum Gasteiger partial charge on any atom is -0.364 e. The van der Waals surface area contributed by atoms with Crippen LogP contribution in [0.25, 0.3) is 10.8 Å². The van der Waals surface area contributed by atoms with E-state index in [1.54, 1.807) is 25.7 Å². The Kier molecular flexibility index (Phi) is 5.80. The number of fused-ring (bicyclic) bond motifs is 2. The van der Waals surface area contributed by atoms with E-state index in [-0.39, 0.29) is 11.5 Å². The van der Waals surface area contributed by atoms with Crippen molar-refractivity contribution in [3.05, 3.63) is 58.5 Å². The smallest absolute Gasteiger partial charge is 0.273 e. The molecule has 1 aliphatic heterocycles. The van der Waals surface area contributed by atoms with Crippen molar-refractivity contribution >= 4 is 28.2 Å². The standard InChI is InChI=1S/C25H27F3N4O2/c1-7-32-20-12-17-16(11-19(20)24(4,34-6)23(32)33)14(3)30-31-22(17)29-13(2)15-9-8-10-18(21(15)26)25(5,27)28/h8-13H,7H2,1-6H3,(H,29,31). The molecule has 3 aromatic rings. The van der Waals surface area contributed by atoms with Gasteiger partial charge < -0.3 is 15.0 Å². The number of amides is 1. The normalized spacial score (nSPS) is 19.0. The van der Waals surface area contributed by atoms with Crippen molar-refractivity contribution in [1.82, 2.24) is 10.2 Å². The highest BCUT2D eigenvalue weighted by atomic mass is 19.3. The van der Waals surface area contributed by atoms with Gasteiger partial charge in [-0.1, -0.05) is 18.2 Å². The van der Waals surface area contributed by atoms with Crippen LogP contribution in [0.3, 0.4) is 0 Å². The van der Waals surface area contributed by atoms with E-state index < -0.39 is 28.9 Å². The van der Waals surface area contributed by atoms with Crippen molar-refractivity contribution in [3.63, 3.8) is 0 Å². The summed E-state index contributed by atoms with van der Waals surface area (Å²) in [6, 6.07) is 7.00. The van der Waals surface area contributed by atoms with Crippen LogP contribution in [0.4, 0.5) is 24.7 Å². The van der Waals surface area contributed by atoms with Gasteiger partial charge in [-0.2, -0.15) is 5.10 Å². The van der Waals surface area contributed by atoms with Gasteiger partial charge in [0, 0.05) is 42.5 Å². The molecule has 0 fully saturated rings. The Morgan fingerprint density at radius 3 is 2.56 bits per heavy atom. The minimum atomic E-state index is -3.30. The molecule has 0 aliphatic carbocycles. The number of benzene rings is 2. The number of hydrogen-bond donors (Lipinski definition) is 1. The van der Waals surface area contributed by atoms with Crippen LogP contribution in [0, 0.1) is 12.7 Å². The summed E-state index contributed by atoms with van der Waals surface area (Å²) in [6.07, 6.45) is 0. The van der Waals surface area contributed by atoms with Crippen LogP contribution < -0.4 is 10.2 Å². The van der Waals surface area contributed by atoms with Crippen molar-refractivity contribution in [3.8, 4) is 0 Å². The van der Waals surface area contributed by atoms with Crippen molar-refractivity contribution in [2.75, 3.05) is 23.9 Å². The van der Waals surface area contributed by atoms with Crippen molar-refractivity contribution < 1.29 is 22.7 Å². The van der Waals surface area contributed by atoms with Gasteiger partial charge in [0.2, 0.25) is 0 Å². The number of carbonyl (C=O) groups excluding carboxylic acids is 1. The number of methoxy groups -OCH3 is 1. The molecule has 6 nitrogen and oxygen atoms in total. The lowest BCUT2D eigenvalue weighted by atomic mass is 9.94. The first-order valence-electron chi connectivity index (χ1n) is 11.1. The number of ether oxygens (including phenoxy) is 1. The summed E-state index contributed by atoms with van der Waals surface area (Å²) >= 11 is 0. The lowest BCUT2D eigenvalue weighted by Crippen LogP contribution is -2.39. The summed E-state index contributed by atoms with van der Waals surface area (Å²) in [5.74, 6) is -4.07. The number of aromatic nitrogens is 2. The summed E-state index contributed by atoms with van der Waals surface area (Å²) in [6.45, 7) is 8.21. The highest BCUT2D eigenvalue weighted by Crippen LogP contribution is 2.45. The number of rotatable bonds is 6. The van der Waals surface area contributed by atoms with Crippen LogP contribution in [0.2, 0.25) is 0 Å². The molecule has 1 amide bonds. The molecule has 180 valence electrons. The zero-order valence-electron chi connectivity index (χ0n) is 20.0. The summed E-state index contributed by atoms with van der Waals surface area (Å²) in [5, 5.41) is 13.0. The molecule has 34 heavy (non-hydrogen) atoms. The molecule has 4 rings (SSSR count). The van der Waals surface area contributed by atoms with Gasteiger partial charge >= 0.3 is 0 Å². The molecule has 2 atom stereocenters. The number of anilines is 2. The molecule has 0 bridgehead atoms. The van der Waals surface area contributed by atoms with E-state index >= 15 is 0 Å². The van der Waals surface area contributed by atoms with Crippen molar-refractivity contribution in [2.24, 2.45) is 0 Å². The predicted molar refractivity (Wildman–Crippen MR) is 125 cm³/mol. The number of nitrogens with zero attached hydrogens (tertiary/aromatic N) is 3. The summed E-state index contributed by atoms with van der Waals surface area (Å²) < 4.78 is 48.2. The van der Waals surface area contributed by atoms with Crippen molar-refractivity contribution in [2.45, 2.75) is 52.2 Å². The van der Waals surface area contributed by atoms with E-state index in [4.69, 9.17) is 4.74 Å². The average Bonchev–Trinajstić information content (AvgIpc) is 3.00. The summed E-state index contributed by atoms with van der Waals surface area (Å²) in [7, 11) is 1.50. The number of carbonyl (C=O) groups is 1. The zero-order valence-corrected chi connectivity index (χ0v) is 20.0. The lowest BCUT2D eigenvalue weighted by Gasteiger charge is -2.22. The molecule has 2 unspecified atom stereocenters. The molecule has 9 heteroatoms. The van der Waals surface area contributed by atoms with E-state index in [2.05, 4.69) is 15.5 Å². The minimum absolute atomic E-state index is 0.0908. The topological polar surface area (TPSA) is 67.4 Å².